The maximum atomic E-state index is 12.7. The van der Waals surface area contributed by atoms with Crippen LogP contribution < -0.4 is 5.32 Å². The molecular weight excluding hydrogens is 324 g/mol. The van der Waals surface area contributed by atoms with Crippen LogP contribution in [0.5, 0.6) is 0 Å². The minimum atomic E-state index is -0.247. The molecular formula is C22H30N2O2. The molecule has 1 N–H and O–H groups in total. The van der Waals surface area contributed by atoms with Crippen molar-refractivity contribution in [3.63, 3.8) is 0 Å². The number of likely N-dealkylation sites (tertiary alicyclic amines) is 1. The van der Waals surface area contributed by atoms with Crippen LogP contribution in [0.1, 0.15) is 63.9 Å². The lowest BCUT2D eigenvalue weighted by molar-refractivity contribution is -0.128. The number of amides is 2. The smallest absolute Gasteiger partial charge is 0.229 e. The highest BCUT2D eigenvalue weighted by Gasteiger charge is 2.34. The van der Waals surface area contributed by atoms with E-state index < -0.39 is 0 Å². The summed E-state index contributed by atoms with van der Waals surface area (Å²) in [7, 11) is 0. The fraction of sp³-hybridized carbons (Fsp3) is 0.545. The lowest BCUT2D eigenvalue weighted by Crippen LogP contribution is -2.29. The van der Waals surface area contributed by atoms with Gasteiger partial charge in [0, 0.05) is 25.2 Å². The number of nitrogens with one attached hydrogen (secondary N) is 1. The van der Waals surface area contributed by atoms with Gasteiger partial charge in [-0.05, 0) is 49.7 Å². The molecule has 3 rings (SSSR count). The Kier molecular flexibility index (Phi) is 6.12. The van der Waals surface area contributed by atoms with Gasteiger partial charge in [-0.25, -0.2) is 0 Å². The Bertz CT molecular complexity index is 693. The monoisotopic (exact) mass is 354 g/mol. The van der Waals surface area contributed by atoms with Gasteiger partial charge in [0.05, 0.1) is 5.92 Å². The second-order valence-corrected chi connectivity index (χ2v) is 7.83. The third-order valence-electron chi connectivity index (χ3n) is 5.51. The van der Waals surface area contributed by atoms with E-state index in [0.29, 0.717) is 18.9 Å². The van der Waals surface area contributed by atoms with E-state index in [-0.39, 0.29) is 17.7 Å². The number of hydrogen-bond acceptors (Lipinski definition) is 2. The maximum Gasteiger partial charge on any atom is 0.229 e. The van der Waals surface area contributed by atoms with Crippen molar-refractivity contribution in [1.29, 1.82) is 0 Å². The van der Waals surface area contributed by atoms with Crippen LogP contribution in [0.4, 0.5) is 5.69 Å². The van der Waals surface area contributed by atoms with Crippen LogP contribution in [-0.4, -0.2) is 29.8 Å². The van der Waals surface area contributed by atoms with E-state index >= 15 is 0 Å². The van der Waals surface area contributed by atoms with Gasteiger partial charge in [-0.3, -0.25) is 9.59 Å². The molecule has 1 aromatic carbocycles. The molecule has 1 atom stereocenters. The Labute approximate surface area is 156 Å². The number of hydrogen-bond donors (Lipinski definition) is 1. The van der Waals surface area contributed by atoms with E-state index in [0.717, 1.165) is 30.6 Å². The van der Waals surface area contributed by atoms with Gasteiger partial charge in [0.25, 0.3) is 0 Å². The Morgan fingerprint density at radius 2 is 2.08 bits per heavy atom. The summed E-state index contributed by atoms with van der Waals surface area (Å²) < 4.78 is 0. The third kappa shape index (κ3) is 4.54. The van der Waals surface area contributed by atoms with Crippen LogP contribution >= 0.6 is 0 Å². The van der Waals surface area contributed by atoms with Gasteiger partial charge in [-0.15, -0.1) is 0 Å². The zero-order chi connectivity index (χ0) is 18.5. The summed E-state index contributed by atoms with van der Waals surface area (Å²) in [6, 6.07) is 7.92. The SMILES string of the molecule is CC(C)c1ccccc1NC(=O)C1CC(=O)N(CCC2=CCCCC2)C1. The van der Waals surface area contributed by atoms with Gasteiger partial charge < -0.3 is 10.2 Å². The van der Waals surface area contributed by atoms with E-state index in [2.05, 4.69) is 25.2 Å². The van der Waals surface area contributed by atoms with Crippen LogP contribution in [0.3, 0.4) is 0 Å². The minimum absolute atomic E-state index is 0.0363. The van der Waals surface area contributed by atoms with Crippen molar-refractivity contribution >= 4 is 17.5 Å². The average Bonchev–Trinajstić information content (AvgIpc) is 3.02. The standard InChI is InChI=1S/C22H30N2O2/c1-16(2)19-10-6-7-11-20(19)23-22(26)18-14-21(25)24(15-18)13-12-17-8-4-3-5-9-17/h6-8,10-11,16,18H,3-5,9,12-15H2,1-2H3,(H,23,26). The number of carbonyl (C=O) groups is 2. The van der Waals surface area contributed by atoms with Gasteiger partial charge in [-0.1, -0.05) is 43.7 Å². The summed E-state index contributed by atoms with van der Waals surface area (Å²) in [5, 5.41) is 3.05. The van der Waals surface area contributed by atoms with Crippen molar-refractivity contribution in [2.75, 3.05) is 18.4 Å². The molecule has 4 heteroatoms. The molecule has 1 heterocycles. The normalized spacial score (nSPS) is 20.4. The third-order valence-corrected chi connectivity index (χ3v) is 5.51. The van der Waals surface area contributed by atoms with Gasteiger partial charge in [-0.2, -0.15) is 0 Å². The first kappa shape index (κ1) is 18.7. The molecule has 1 saturated heterocycles. The van der Waals surface area contributed by atoms with Crippen molar-refractivity contribution in [1.82, 2.24) is 4.90 Å². The van der Waals surface area contributed by atoms with Crippen molar-refractivity contribution in [3.8, 4) is 0 Å². The molecule has 0 aromatic heterocycles. The van der Waals surface area contributed by atoms with Gasteiger partial charge in [0.1, 0.15) is 0 Å². The zero-order valence-electron chi connectivity index (χ0n) is 16.0. The summed E-state index contributed by atoms with van der Waals surface area (Å²) >= 11 is 0. The molecule has 1 unspecified atom stereocenters. The second-order valence-electron chi connectivity index (χ2n) is 7.83. The number of rotatable bonds is 6. The summed E-state index contributed by atoms with van der Waals surface area (Å²) in [5.41, 5.74) is 3.47. The molecule has 0 bridgehead atoms. The molecule has 1 aliphatic carbocycles. The summed E-state index contributed by atoms with van der Waals surface area (Å²) in [6.07, 6.45) is 8.50. The average molecular weight is 354 g/mol. The lowest BCUT2D eigenvalue weighted by Gasteiger charge is -2.19. The Hall–Kier alpha value is -2.10. The van der Waals surface area contributed by atoms with Crippen LogP contribution in [-0.2, 0) is 9.59 Å². The zero-order valence-corrected chi connectivity index (χ0v) is 16.0. The molecule has 0 spiro atoms. The topological polar surface area (TPSA) is 49.4 Å². The Morgan fingerprint density at radius 3 is 2.81 bits per heavy atom. The second kappa shape index (κ2) is 8.52. The first-order valence-corrected chi connectivity index (χ1v) is 9.90. The number of carbonyl (C=O) groups excluding carboxylic acids is 2. The molecule has 1 fully saturated rings. The first-order chi connectivity index (χ1) is 12.5. The molecule has 2 amide bonds. The molecule has 2 aliphatic rings. The number of nitrogens with zero attached hydrogens (tertiary/aromatic N) is 1. The molecule has 0 radical (unpaired) electrons. The van der Waals surface area contributed by atoms with Crippen LogP contribution in [0, 0.1) is 5.92 Å². The van der Waals surface area contributed by atoms with E-state index in [1.54, 1.807) is 0 Å². The number of para-hydroxylation sites is 1. The number of benzene rings is 1. The van der Waals surface area contributed by atoms with E-state index in [1.807, 2.05) is 29.2 Å². The van der Waals surface area contributed by atoms with Gasteiger partial charge >= 0.3 is 0 Å². The quantitative estimate of drug-likeness (QED) is 0.765. The van der Waals surface area contributed by atoms with E-state index in [1.165, 1.54) is 24.8 Å². The van der Waals surface area contributed by atoms with Crippen LogP contribution in [0.25, 0.3) is 0 Å². The lowest BCUT2D eigenvalue weighted by atomic mass is 9.97. The molecule has 4 nitrogen and oxygen atoms in total. The van der Waals surface area contributed by atoms with Gasteiger partial charge in [0.15, 0.2) is 0 Å². The predicted molar refractivity (Wildman–Crippen MR) is 105 cm³/mol. The predicted octanol–water partition coefficient (Wildman–Crippen LogP) is 4.49. The molecule has 1 aromatic rings. The van der Waals surface area contributed by atoms with Crippen molar-refractivity contribution < 1.29 is 9.59 Å². The molecule has 1 aliphatic heterocycles. The minimum Gasteiger partial charge on any atom is -0.342 e. The maximum absolute atomic E-state index is 12.7. The summed E-state index contributed by atoms with van der Waals surface area (Å²) in [6.45, 7) is 5.52. The fourth-order valence-corrected chi connectivity index (χ4v) is 3.92. The van der Waals surface area contributed by atoms with Crippen molar-refractivity contribution in [2.24, 2.45) is 5.92 Å². The Balaban J connectivity index is 1.56. The molecule has 140 valence electrons. The highest BCUT2D eigenvalue weighted by Crippen LogP contribution is 2.27. The van der Waals surface area contributed by atoms with Gasteiger partial charge in [0.2, 0.25) is 11.8 Å². The summed E-state index contributed by atoms with van der Waals surface area (Å²) in [5.74, 6) is 0.171. The Morgan fingerprint density at radius 1 is 1.27 bits per heavy atom. The number of allylic oxidation sites excluding steroid dienone is 1. The highest BCUT2D eigenvalue weighted by atomic mass is 16.2. The fourth-order valence-electron chi connectivity index (χ4n) is 3.92. The van der Waals surface area contributed by atoms with Crippen LogP contribution in [0.2, 0.25) is 0 Å². The number of anilines is 1. The molecule has 0 saturated carbocycles. The highest BCUT2D eigenvalue weighted by molar-refractivity contribution is 5.97. The largest absolute Gasteiger partial charge is 0.342 e. The van der Waals surface area contributed by atoms with E-state index in [9.17, 15) is 9.59 Å². The van der Waals surface area contributed by atoms with Crippen molar-refractivity contribution in [2.45, 2.75) is 58.3 Å². The van der Waals surface area contributed by atoms with E-state index in [4.69, 9.17) is 0 Å². The van der Waals surface area contributed by atoms with Crippen molar-refractivity contribution in [3.05, 3.63) is 41.5 Å². The first-order valence-electron chi connectivity index (χ1n) is 9.90. The molecule has 26 heavy (non-hydrogen) atoms. The summed E-state index contributed by atoms with van der Waals surface area (Å²) in [4.78, 5) is 26.9. The van der Waals surface area contributed by atoms with Crippen LogP contribution in [0.15, 0.2) is 35.9 Å².